The van der Waals surface area contributed by atoms with Crippen LogP contribution in [0.3, 0.4) is 0 Å². The van der Waals surface area contributed by atoms with Crippen molar-refractivity contribution in [2.24, 2.45) is 0 Å². The third kappa shape index (κ3) is 4.63. The molecule has 1 atom stereocenters. The van der Waals surface area contributed by atoms with Crippen LogP contribution in [-0.2, 0) is 20.7 Å². The Morgan fingerprint density at radius 2 is 2.17 bits per heavy atom. The Balaban J connectivity index is 1.86. The van der Waals surface area contributed by atoms with Gasteiger partial charge in [-0.15, -0.1) is 0 Å². The molecule has 24 heavy (non-hydrogen) atoms. The van der Waals surface area contributed by atoms with Gasteiger partial charge in [-0.1, -0.05) is 12.1 Å². The zero-order chi connectivity index (χ0) is 17.5. The second kappa shape index (κ2) is 8.21. The summed E-state index contributed by atoms with van der Waals surface area (Å²) in [5, 5.41) is 11.3. The van der Waals surface area contributed by atoms with Gasteiger partial charge in [-0.25, -0.2) is 14.2 Å². The van der Waals surface area contributed by atoms with Crippen LogP contribution in [0.2, 0.25) is 0 Å². The number of carbonyl (C=O) groups excluding carboxylic acids is 1. The number of carboxylic acid groups (broad SMARTS) is 1. The molecule has 0 saturated carbocycles. The number of carboxylic acids is 1. The Bertz CT molecular complexity index is 716. The van der Waals surface area contributed by atoms with E-state index in [0.717, 1.165) is 0 Å². The lowest BCUT2D eigenvalue weighted by molar-refractivity contribution is -0.148. The highest BCUT2D eigenvalue weighted by Gasteiger charge is 2.17. The van der Waals surface area contributed by atoms with Crippen LogP contribution in [0.4, 0.5) is 4.39 Å². The predicted molar refractivity (Wildman–Crippen MR) is 81.7 cm³/mol. The minimum absolute atomic E-state index is 0.0628. The molecule has 1 aromatic carbocycles. The second-order valence-corrected chi connectivity index (χ2v) is 4.96. The fourth-order valence-corrected chi connectivity index (χ4v) is 2.00. The third-order valence-electron chi connectivity index (χ3n) is 3.30. The van der Waals surface area contributed by atoms with Crippen molar-refractivity contribution in [1.29, 1.82) is 0 Å². The molecule has 0 saturated heterocycles. The summed E-state index contributed by atoms with van der Waals surface area (Å²) in [5.41, 5.74) is 0.296. The molecule has 7 nitrogen and oxygen atoms in total. The van der Waals surface area contributed by atoms with Crippen LogP contribution >= 0.6 is 0 Å². The number of rotatable bonds is 8. The first kappa shape index (κ1) is 17.6. The Hall–Kier alpha value is -2.74. The number of nitrogens with zero attached hydrogens (tertiary/aromatic N) is 1. The number of ether oxygens (including phenoxy) is 1. The number of methoxy groups -OCH3 is 1. The molecule has 0 fully saturated rings. The van der Waals surface area contributed by atoms with Crippen molar-refractivity contribution >= 4 is 11.9 Å². The topological polar surface area (TPSA) is 102 Å². The highest BCUT2D eigenvalue weighted by molar-refractivity contribution is 5.78. The number of hydrogen-bond acceptors (Lipinski definition) is 5. The van der Waals surface area contributed by atoms with Crippen molar-refractivity contribution < 1.29 is 28.2 Å². The molecule has 0 bridgehead atoms. The highest BCUT2D eigenvalue weighted by Crippen LogP contribution is 2.23. The van der Waals surface area contributed by atoms with Crippen LogP contribution < -0.4 is 5.32 Å². The number of aromatic nitrogens is 1. The van der Waals surface area contributed by atoms with Gasteiger partial charge in [0.2, 0.25) is 5.91 Å². The van der Waals surface area contributed by atoms with Crippen LogP contribution in [0.1, 0.15) is 12.3 Å². The van der Waals surface area contributed by atoms with Crippen LogP contribution in [0.5, 0.6) is 0 Å². The molecule has 2 aromatic rings. The first-order valence-corrected chi connectivity index (χ1v) is 7.23. The Kier molecular flexibility index (Phi) is 6.02. The zero-order valence-corrected chi connectivity index (χ0v) is 13.0. The average Bonchev–Trinajstić information content (AvgIpc) is 3.02. The molecule has 1 unspecified atom stereocenters. The number of aliphatic carboxylic acids is 1. The van der Waals surface area contributed by atoms with Gasteiger partial charge in [0.25, 0.3) is 0 Å². The predicted octanol–water partition coefficient (Wildman–Crippen LogP) is 1.63. The monoisotopic (exact) mass is 336 g/mol. The number of amides is 1. The number of carbonyl (C=O) groups is 2. The van der Waals surface area contributed by atoms with Gasteiger partial charge >= 0.3 is 5.97 Å². The van der Waals surface area contributed by atoms with E-state index in [1.807, 2.05) is 0 Å². The van der Waals surface area contributed by atoms with Gasteiger partial charge in [-0.2, -0.15) is 0 Å². The van der Waals surface area contributed by atoms with Crippen molar-refractivity contribution in [2.75, 3.05) is 13.7 Å². The quantitative estimate of drug-likeness (QED) is 0.760. The van der Waals surface area contributed by atoms with E-state index in [2.05, 4.69) is 10.3 Å². The Morgan fingerprint density at radius 3 is 2.83 bits per heavy atom. The van der Waals surface area contributed by atoms with E-state index in [1.54, 1.807) is 18.2 Å². The molecule has 8 heteroatoms. The van der Waals surface area contributed by atoms with Gasteiger partial charge < -0.3 is 19.6 Å². The molecule has 0 aliphatic heterocycles. The maximum absolute atomic E-state index is 13.7. The van der Waals surface area contributed by atoms with E-state index < -0.39 is 17.9 Å². The van der Waals surface area contributed by atoms with E-state index in [-0.39, 0.29) is 31.1 Å². The largest absolute Gasteiger partial charge is 0.479 e. The lowest BCUT2D eigenvalue weighted by Gasteiger charge is -2.11. The van der Waals surface area contributed by atoms with E-state index in [4.69, 9.17) is 14.3 Å². The van der Waals surface area contributed by atoms with Crippen molar-refractivity contribution in [1.82, 2.24) is 10.3 Å². The molecule has 0 radical (unpaired) electrons. The lowest BCUT2D eigenvalue weighted by Crippen LogP contribution is -2.37. The van der Waals surface area contributed by atoms with Gasteiger partial charge in [0, 0.05) is 20.0 Å². The summed E-state index contributed by atoms with van der Waals surface area (Å²) in [6.07, 6.45) is 0.582. The van der Waals surface area contributed by atoms with Crippen LogP contribution in [0.15, 0.2) is 34.9 Å². The summed E-state index contributed by atoms with van der Waals surface area (Å²) in [7, 11) is 1.25. The number of hydrogen-bond donors (Lipinski definition) is 2. The first-order chi connectivity index (χ1) is 11.5. The van der Waals surface area contributed by atoms with Crippen molar-refractivity contribution in [3.63, 3.8) is 0 Å². The van der Waals surface area contributed by atoms with Crippen molar-refractivity contribution in [3.05, 3.63) is 42.2 Å². The number of benzene rings is 1. The summed E-state index contributed by atoms with van der Waals surface area (Å²) in [6, 6.07) is 6.15. The summed E-state index contributed by atoms with van der Waals surface area (Å²) in [4.78, 5) is 26.5. The number of halogens is 1. The fraction of sp³-hybridized carbons (Fsp3) is 0.312. The van der Waals surface area contributed by atoms with Crippen LogP contribution in [-0.4, -0.2) is 41.7 Å². The molecular weight excluding hydrogens is 319 g/mol. The minimum atomic E-state index is -1.15. The summed E-state index contributed by atoms with van der Waals surface area (Å²) >= 11 is 0. The van der Waals surface area contributed by atoms with E-state index in [0.29, 0.717) is 11.5 Å². The molecule has 1 aromatic heterocycles. The molecular formula is C16H17FN2O5. The summed E-state index contributed by atoms with van der Waals surface area (Å²) in [6.45, 7) is -0.128. The Labute approximate surface area is 137 Å². The highest BCUT2D eigenvalue weighted by atomic mass is 19.1. The molecule has 0 aliphatic carbocycles. The zero-order valence-electron chi connectivity index (χ0n) is 13.0. The lowest BCUT2D eigenvalue weighted by atomic mass is 10.2. The molecule has 0 spiro atoms. The van der Waals surface area contributed by atoms with Crippen LogP contribution in [0, 0.1) is 5.82 Å². The van der Waals surface area contributed by atoms with Gasteiger partial charge in [0.15, 0.2) is 17.8 Å². The van der Waals surface area contributed by atoms with Crippen molar-refractivity contribution in [3.8, 4) is 11.3 Å². The smallest absolute Gasteiger partial charge is 0.334 e. The average molecular weight is 336 g/mol. The number of oxazole rings is 1. The molecule has 128 valence electrons. The van der Waals surface area contributed by atoms with Crippen molar-refractivity contribution in [2.45, 2.75) is 18.9 Å². The molecule has 2 N–H and O–H groups in total. The van der Waals surface area contributed by atoms with E-state index in [1.165, 1.54) is 19.4 Å². The van der Waals surface area contributed by atoms with Crippen LogP contribution in [0.25, 0.3) is 11.3 Å². The van der Waals surface area contributed by atoms with Gasteiger partial charge in [0.05, 0.1) is 18.3 Å². The van der Waals surface area contributed by atoms with E-state index in [9.17, 15) is 14.0 Å². The van der Waals surface area contributed by atoms with Gasteiger partial charge in [-0.3, -0.25) is 4.79 Å². The maximum Gasteiger partial charge on any atom is 0.334 e. The molecule has 1 amide bonds. The Morgan fingerprint density at radius 1 is 1.42 bits per heavy atom. The normalized spacial score (nSPS) is 11.9. The standard InChI is InChI=1S/C16H17FN2O5/c1-23-13(16(21)22)9-18-14(20)6-7-15-19-8-12(24-15)10-4-2-3-5-11(10)17/h2-5,8,13H,6-7,9H2,1H3,(H,18,20)(H,21,22). The fourth-order valence-electron chi connectivity index (χ4n) is 2.00. The molecule has 2 rings (SSSR count). The third-order valence-corrected chi connectivity index (χ3v) is 3.30. The summed E-state index contributed by atoms with van der Waals surface area (Å²) in [5.74, 6) is -1.35. The number of aryl methyl sites for hydroxylation is 1. The number of nitrogens with one attached hydrogen (secondary N) is 1. The first-order valence-electron chi connectivity index (χ1n) is 7.23. The van der Waals surface area contributed by atoms with Gasteiger partial charge in [0.1, 0.15) is 5.82 Å². The molecule has 1 heterocycles. The molecule has 0 aliphatic rings. The van der Waals surface area contributed by atoms with E-state index >= 15 is 0 Å². The minimum Gasteiger partial charge on any atom is -0.479 e. The SMILES string of the molecule is COC(CNC(=O)CCc1ncc(-c2ccccc2F)o1)C(=O)O. The maximum atomic E-state index is 13.7. The van der Waals surface area contributed by atoms with Gasteiger partial charge in [-0.05, 0) is 12.1 Å². The second-order valence-electron chi connectivity index (χ2n) is 4.96. The summed E-state index contributed by atoms with van der Waals surface area (Å²) < 4.78 is 23.8.